The molecule has 8 heteroatoms. The Morgan fingerprint density at radius 2 is 2.00 bits per heavy atom. The largest absolute Gasteiger partial charge is 0.350 e. The van der Waals surface area contributed by atoms with Gasteiger partial charge < -0.3 is 16.4 Å². The molecule has 1 heterocycles. The van der Waals surface area contributed by atoms with E-state index in [0.29, 0.717) is 29.9 Å². The fourth-order valence-electron chi connectivity index (χ4n) is 2.13. The lowest BCUT2D eigenvalue weighted by Crippen LogP contribution is -2.30. The molecule has 4 N–H and O–H groups in total. The SMILES string of the molecule is Cc1cc(C(=O)NC(C)C)ccc1NC(=O)c1csc(CCN)n1.Cl. The average Bonchev–Trinajstić information content (AvgIpc) is 2.97. The molecule has 0 fully saturated rings. The second-order valence-electron chi connectivity index (χ2n) is 5.78. The zero-order valence-electron chi connectivity index (χ0n) is 14.5. The highest BCUT2D eigenvalue weighted by atomic mass is 35.5. The first-order valence-corrected chi connectivity index (χ1v) is 8.66. The number of amides is 2. The van der Waals surface area contributed by atoms with E-state index in [9.17, 15) is 9.59 Å². The molecule has 0 bridgehead atoms. The van der Waals surface area contributed by atoms with Crippen molar-refractivity contribution in [2.24, 2.45) is 5.73 Å². The predicted molar refractivity (Wildman–Crippen MR) is 104 cm³/mol. The van der Waals surface area contributed by atoms with E-state index in [1.165, 1.54) is 11.3 Å². The van der Waals surface area contributed by atoms with E-state index in [2.05, 4.69) is 15.6 Å². The molecule has 136 valence electrons. The van der Waals surface area contributed by atoms with Crippen LogP contribution in [0.2, 0.25) is 0 Å². The van der Waals surface area contributed by atoms with Crippen LogP contribution in [-0.4, -0.2) is 29.4 Å². The zero-order valence-corrected chi connectivity index (χ0v) is 16.1. The van der Waals surface area contributed by atoms with Gasteiger partial charge in [0.05, 0.1) is 5.01 Å². The normalized spacial score (nSPS) is 10.3. The van der Waals surface area contributed by atoms with Crippen LogP contribution in [0, 0.1) is 6.92 Å². The number of hydrogen-bond donors (Lipinski definition) is 3. The number of nitrogens with one attached hydrogen (secondary N) is 2. The molecular weight excluding hydrogens is 360 g/mol. The monoisotopic (exact) mass is 382 g/mol. The maximum Gasteiger partial charge on any atom is 0.275 e. The first-order chi connectivity index (χ1) is 11.4. The van der Waals surface area contributed by atoms with Gasteiger partial charge in [-0.2, -0.15) is 0 Å². The lowest BCUT2D eigenvalue weighted by molar-refractivity contribution is 0.0942. The maximum absolute atomic E-state index is 12.3. The van der Waals surface area contributed by atoms with Gasteiger partial charge in [0.15, 0.2) is 0 Å². The molecule has 0 unspecified atom stereocenters. The number of hydrogen-bond acceptors (Lipinski definition) is 5. The van der Waals surface area contributed by atoms with Crippen molar-refractivity contribution < 1.29 is 9.59 Å². The number of carbonyl (C=O) groups is 2. The molecule has 0 spiro atoms. The number of anilines is 1. The molecule has 0 aliphatic heterocycles. The number of rotatable bonds is 6. The number of aryl methyl sites for hydroxylation is 1. The average molecular weight is 383 g/mol. The minimum atomic E-state index is -0.267. The number of nitrogens with two attached hydrogens (primary N) is 1. The standard InChI is InChI=1S/C17H22N4O2S.ClH/c1-10(2)19-16(22)12-4-5-13(11(3)8-12)21-17(23)14-9-24-15(20-14)6-7-18;/h4-5,8-10H,6-7,18H2,1-3H3,(H,19,22)(H,21,23);1H. The minimum Gasteiger partial charge on any atom is -0.350 e. The highest BCUT2D eigenvalue weighted by Crippen LogP contribution is 2.18. The summed E-state index contributed by atoms with van der Waals surface area (Å²) in [5.41, 5.74) is 7.92. The first kappa shape index (κ1) is 21.1. The summed E-state index contributed by atoms with van der Waals surface area (Å²) in [6.45, 7) is 6.18. The zero-order chi connectivity index (χ0) is 17.7. The fraction of sp³-hybridized carbons (Fsp3) is 0.353. The number of aromatic nitrogens is 1. The molecule has 6 nitrogen and oxygen atoms in total. The molecular formula is C17H23ClN4O2S. The number of thiazole rings is 1. The predicted octanol–water partition coefficient (Wildman–Crippen LogP) is 2.77. The molecule has 0 saturated carbocycles. The first-order valence-electron chi connectivity index (χ1n) is 7.78. The third-order valence-corrected chi connectivity index (χ3v) is 4.21. The summed E-state index contributed by atoms with van der Waals surface area (Å²) in [5, 5.41) is 8.24. The highest BCUT2D eigenvalue weighted by Gasteiger charge is 2.13. The second-order valence-corrected chi connectivity index (χ2v) is 6.72. The van der Waals surface area contributed by atoms with E-state index >= 15 is 0 Å². The van der Waals surface area contributed by atoms with E-state index in [4.69, 9.17) is 5.73 Å². The Labute approximate surface area is 157 Å². The van der Waals surface area contributed by atoms with Crippen LogP contribution in [0.1, 0.15) is 45.3 Å². The smallest absolute Gasteiger partial charge is 0.275 e. The van der Waals surface area contributed by atoms with E-state index in [1.807, 2.05) is 20.8 Å². The van der Waals surface area contributed by atoms with Gasteiger partial charge in [0, 0.05) is 29.1 Å². The van der Waals surface area contributed by atoms with Crippen molar-refractivity contribution in [3.05, 3.63) is 45.4 Å². The molecule has 0 atom stereocenters. The van der Waals surface area contributed by atoms with Gasteiger partial charge in [0.1, 0.15) is 5.69 Å². The molecule has 0 saturated heterocycles. The van der Waals surface area contributed by atoms with Gasteiger partial charge in [-0.05, 0) is 51.1 Å². The molecule has 0 radical (unpaired) electrons. The topological polar surface area (TPSA) is 97.1 Å². The number of nitrogens with zero attached hydrogens (tertiary/aromatic N) is 1. The fourth-order valence-corrected chi connectivity index (χ4v) is 2.92. The van der Waals surface area contributed by atoms with Crippen molar-refractivity contribution in [2.45, 2.75) is 33.2 Å². The van der Waals surface area contributed by atoms with Crippen LogP contribution in [0.3, 0.4) is 0 Å². The van der Waals surface area contributed by atoms with Crippen LogP contribution >= 0.6 is 23.7 Å². The maximum atomic E-state index is 12.3. The van der Waals surface area contributed by atoms with Crippen LogP contribution in [0.4, 0.5) is 5.69 Å². The summed E-state index contributed by atoms with van der Waals surface area (Å²) >= 11 is 1.42. The summed E-state index contributed by atoms with van der Waals surface area (Å²) in [6, 6.07) is 5.26. The second kappa shape index (κ2) is 9.50. The van der Waals surface area contributed by atoms with Crippen LogP contribution < -0.4 is 16.4 Å². The third kappa shape index (κ3) is 5.81. The molecule has 2 rings (SSSR count). The molecule has 1 aromatic heterocycles. The van der Waals surface area contributed by atoms with E-state index in [-0.39, 0.29) is 30.3 Å². The van der Waals surface area contributed by atoms with E-state index < -0.39 is 0 Å². The van der Waals surface area contributed by atoms with Crippen LogP contribution in [0.15, 0.2) is 23.6 Å². The number of carbonyl (C=O) groups excluding carboxylic acids is 2. The lowest BCUT2D eigenvalue weighted by Gasteiger charge is -2.11. The lowest BCUT2D eigenvalue weighted by atomic mass is 10.1. The van der Waals surface area contributed by atoms with Crippen molar-refractivity contribution in [1.29, 1.82) is 0 Å². The van der Waals surface area contributed by atoms with Gasteiger partial charge in [-0.1, -0.05) is 0 Å². The van der Waals surface area contributed by atoms with Gasteiger partial charge in [0.25, 0.3) is 11.8 Å². The van der Waals surface area contributed by atoms with Gasteiger partial charge >= 0.3 is 0 Å². The Morgan fingerprint density at radius 3 is 2.60 bits per heavy atom. The van der Waals surface area contributed by atoms with E-state index in [1.54, 1.807) is 23.6 Å². The summed E-state index contributed by atoms with van der Waals surface area (Å²) in [5.74, 6) is -0.395. The van der Waals surface area contributed by atoms with Gasteiger partial charge in [-0.15, -0.1) is 23.7 Å². The van der Waals surface area contributed by atoms with Crippen LogP contribution in [-0.2, 0) is 6.42 Å². The Kier molecular flexibility index (Phi) is 8.02. The summed E-state index contributed by atoms with van der Waals surface area (Å²) < 4.78 is 0. The van der Waals surface area contributed by atoms with Gasteiger partial charge in [-0.25, -0.2) is 4.98 Å². The molecule has 25 heavy (non-hydrogen) atoms. The van der Waals surface area contributed by atoms with Crippen molar-refractivity contribution in [3.63, 3.8) is 0 Å². The van der Waals surface area contributed by atoms with Crippen molar-refractivity contribution in [3.8, 4) is 0 Å². The molecule has 0 aliphatic rings. The van der Waals surface area contributed by atoms with Gasteiger partial charge in [0.2, 0.25) is 0 Å². The molecule has 2 aromatic rings. The third-order valence-electron chi connectivity index (χ3n) is 3.30. The summed E-state index contributed by atoms with van der Waals surface area (Å²) in [6.07, 6.45) is 0.663. The van der Waals surface area contributed by atoms with Crippen molar-refractivity contribution >= 4 is 41.2 Å². The molecule has 0 aliphatic carbocycles. The van der Waals surface area contributed by atoms with Crippen LogP contribution in [0.25, 0.3) is 0 Å². The summed E-state index contributed by atoms with van der Waals surface area (Å²) in [7, 11) is 0. The Balaban J connectivity index is 0.00000312. The van der Waals surface area contributed by atoms with Crippen molar-refractivity contribution in [1.82, 2.24) is 10.3 Å². The minimum absolute atomic E-state index is 0. The summed E-state index contributed by atoms with van der Waals surface area (Å²) in [4.78, 5) is 28.5. The quantitative estimate of drug-likeness (QED) is 0.715. The van der Waals surface area contributed by atoms with Gasteiger partial charge in [-0.3, -0.25) is 9.59 Å². The number of benzene rings is 1. The number of halogens is 1. The Morgan fingerprint density at radius 1 is 1.28 bits per heavy atom. The van der Waals surface area contributed by atoms with E-state index in [0.717, 1.165) is 10.6 Å². The Bertz CT molecular complexity index is 746. The van der Waals surface area contributed by atoms with Crippen molar-refractivity contribution in [2.75, 3.05) is 11.9 Å². The molecule has 1 aromatic carbocycles. The highest BCUT2D eigenvalue weighted by molar-refractivity contribution is 7.09. The molecule has 2 amide bonds. The Hall–Kier alpha value is -1.96. The van der Waals surface area contributed by atoms with Crippen LogP contribution in [0.5, 0.6) is 0 Å².